The number of nitro benzene ring substituents is 1. The third kappa shape index (κ3) is 3.36. The van der Waals surface area contributed by atoms with Gasteiger partial charge in [-0.3, -0.25) is 14.9 Å². The molecule has 3 rings (SSSR count). The van der Waals surface area contributed by atoms with E-state index in [0.717, 1.165) is 11.2 Å². The van der Waals surface area contributed by atoms with Crippen LogP contribution in [-0.4, -0.2) is 20.2 Å². The highest BCUT2D eigenvalue weighted by molar-refractivity contribution is 6.31. The van der Waals surface area contributed by atoms with E-state index in [-0.39, 0.29) is 28.7 Å². The van der Waals surface area contributed by atoms with E-state index in [9.17, 15) is 14.9 Å². The van der Waals surface area contributed by atoms with Gasteiger partial charge in [-0.15, -0.1) is 0 Å². The third-order valence-corrected chi connectivity index (χ3v) is 3.67. The van der Waals surface area contributed by atoms with Crippen molar-refractivity contribution in [3.63, 3.8) is 0 Å². The summed E-state index contributed by atoms with van der Waals surface area (Å²) in [6.45, 7) is 1.96. The number of amides is 1. The van der Waals surface area contributed by atoms with Crippen LogP contribution in [0.15, 0.2) is 42.7 Å². The number of aryl methyl sites for hydroxylation is 1. The molecule has 2 aromatic heterocycles. The SMILES string of the molecule is Cc1ccn2cc(CC(=O)Nc3ccc(Cl)cc3[N+](=O)[O-])nc2c1. The van der Waals surface area contributed by atoms with Crippen molar-refractivity contribution in [1.29, 1.82) is 0 Å². The van der Waals surface area contributed by atoms with Crippen molar-refractivity contribution in [2.75, 3.05) is 5.32 Å². The molecule has 0 atom stereocenters. The van der Waals surface area contributed by atoms with E-state index >= 15 is 0 Å². The van der Waals surface area contributed by atoms with Crippen LogP contribution in [0.4, 0.5) is 11.4 Å². The number of nitrogens with one attached hydrogen (secondary N) is 1. The number of aromatic nitrogens is 2. The van der Waals surface area contributed by atoms with Crippen LogP contribution in [0, 0.1) is 17.0 Å². The van der Waals surface area contributed by atoms with Crippen LogP contribution in [-0.2, 0) is 11.2 Å². The predicted octanol–water partition coefficient (Wildman–Crippen LogP) is 3.39. The van der Waals surface area contributed by atoms with Gasteiger partial charge in [0.2, 0.25) is 5.91 Å². The van der Waals surface area contributed by atoms with E-state index in [1.807, 2.05) is 29.7 Å². The van der Waals surface area contributed by atoms with Gasteiger partial charge in [-0.1, -0.05) is 11.6 Å². The zero-order chi connectivity index (χ0) is 17.3. The zero-order valence-electron chi connectivity index (χ0n) is 12.7. The maximum absolute atomic E-state index is 12.2. The number of carbonyl (C=O) groups excluding carboxylic acids is 1. The molecule has 0 aliphatic rings. The number of hydrogen-bond acceptors (Lipinski definition) is 4. The number of nitro groups is 1. The van der Waals surface area contributed by atoms with Crippen molar-refractivity contribution in [1.82, 2.24) is 9.38 Å². The number of fused-ring (bicyclic) bond motifs is 1. The molecule has 24 heavy (non-hydrogen) atoms. The van der Waals surface area contributed by atoms with Gasteiger partial charge in [0, 0.05) is 23.5 Å². The van der Waals surface area contributed by atoms with Crippen LogP contribution < -0.4 is 5.32 Å². The summed E-state index contributed by atoms with van der Waals surface area (Å²) in [5.74, 6) is -0.388. The van der Waals surface area contributed by atoms with Crippen LogP contribution in [0.3, 0.4) is 0 Å². The Labute approximate surface area is 142 Å². The van der Waals surface area contributed by atoms with Crippen LogP contribution in [0.2, 0.25) is 5.02 Å². The molecule has 0 saturated carbocycles. The van der Waals surface area contributed by atoms with E-state index in [0.29, 0.717) is 5.69 Å². The highest BCUT2D eigenvalue weighted by atomic mass is 35.5. The fourth-order valence-electron chi connectivity index (χ4n) is 2.34. The minimum atomic E-state index is -0.588. The smallest absolute Gasteiger partial charge is 0.294 e. The topological polar surface area (TPSA) is 89.5 Å². The number of anilines is 1. The summed E-state index contributed by atoms with van der Waals surface area (Å²) in [4.78, 5) is 27.0. The van der Waals surface area contributed by atoms with Gasteiger partial charge in [0.05, 0.1) is 17.0 Å². The molecule has 3 aromatic rings. The molecule has 1 N–H and O–H groups in total. The second-order valence-corrected chi connectivity index (χ2v) is 5.78. The normalized spacial score (nSPS) is 10.8. The van der Waals surface area contributed by atoms with Gasteiger partial charge in [0.1, 0.15) is 11.3 Å². The quantitative estimate of drug-likeness (QED) is 0.580. The lowest BCUT2D eigenvalue weighted by molar-refractivity contribution is -0.383. The Morgan fingerprint density at radius 3 is 2.92 bits per heavy atom. The number of pyridine rings is 1. The summed E-state index contributed by atoms with van der Waals surface area (Å²) in [6, 6.07) is 7.94. The number of carbonyl (C=O) groups is 1. The van der Waals surface area contributed by atoms with Crippen molar-refractivity contribution in [2.24, 2.45) is 0 Å². The highest BCUT2D eigenvalue weighted by Crippen LogP contribution is 2.27. The number of imidazole rings is 1. The van der Waals surface area contributed by atoms with Crippen LogP contribution in [0.1, 0.15) is 11.3 Å². The summed E-state index contributed by atoms with van der Waals surface area (Å²) in [5.41, 5.74) is 2.25. The highest BCUT2D eigenvalue weighted by Gasteiger charge is 2.17. The maximum atomic E-state index is 12.2. The maximum Gasteiger partial charge on any atom is 0.294 e. The molecule has 0 bridgehead atoms. The monoisotopic (exact) mass is 344 g/mol. The second kappa shape index (κ2) is 6.29. The molecular weight excluding hydrogens is 332 g/mol. The van der Waals surface area contributed by atoms with E-state index < -0.39 is 4.92 Å². The van der Waals surface area contributed by atoms with E-state index in [1.54, 1.807) is 6.20 Å². The molecular formula is C16H13ClN4O3. The lowest BCUT2D eigenvalue weighted by Crippen LogP contribution is -2.15. The molecule has 0 saturated heterocycles. The minimum absolute atomic E-state index is 0.0144. The molecule has 1 amide bonds. The van der Waals surface area contributed by atoms with Crippen molar-refractivity contribution in [3.8, 4) is 0 Å². The molecule has 8 heteroatoms. The zero-order valence-corrected chi connectivity index (χ0v) is 13.4. The van der Waals surface area contributed by atoms with Gasteiger partial charge in [-0.25, -0.2) is 4.98 Å². The lowest BCUT2D eigenvalue weighted by Gasteiger charge is -2.05. The first-order valence-corrected chi connectivity index (χ1v) is 7.48. The molecule has 0 radical (unpaired) electrons. The van der Waals surface area contributed by atoms with Crippen molar-refractivity contribution in [2.45, 2.75) is 13.3 Å². The van der Waals surface area contributed by atoms with Crippen molar-refractivity contribution in [3.05, 3.63) is 69.1 Å². The fraction of sp³-hybridized carbons (Fsp3) is 0.125. The number of hydrogen-bond donors (Lipinski definition) is 1. The fourth-order valence-corrected chi connectivity index (χ4v) is 2.51. The number of halogens is 1. The molecule has 122 valence electrons. The first-order valence-electron chi connectivity index (χ1n) is 7.10. The summed E-state index contributed by atoms with van der Waals surface area (Å²) in [5, 5.41) is 13.8. The van der Waals surface area contributed by atoms with Gasteiger partial charge in [-0.05, 0) is 36.8 Å². The molecule has 0 spiro atoms. The second-order valence-electron chi connectivity index (χ2n) is 5.35. The Bertz CT molecular complexity index is 952. The molecule has 1 aromatic carbocycles. The predicted molar refractivity (Wildman–Crippen MR) is 90.4 cm³/mol. The summed E-state index contributed by atoms with van der Waals surface area (Å²) in [6.07, 6.45) is 3.63. The van der Waals surface area contributed by atoms with Gasteiger partial charge >= 0.3 is 0 Å². The van der Waals surface area contributed by atoms with Crippen LogP contribution in [0.5, 0.6) is 0 Å². The van der Waals surface area contributed by atoms with E-state index in [2.05, 4.69) is 10.3 Å². The largest absolute Gasteiger partial charge is 0.320 e. The lowest BCUT2D eigenvalue weighted by atomic mass is 10.2. The first-order chi connectivity index (χ1) is 11.4. The van der Waals surface area contributed by atoms with E-state index in [1.165, 1.54) is 18.2 Å². The number of benzene rings is 1. The minimum Gasteiger partial charge on any atom is -0.320 e. The Morgan fingerprint density at radius 1 is 1.38 bits per heavy atom. The van der Waals surface area contributed by atoms with Crippen molar-refractivity contribution >= 4 is 34.5 Å². The summed E-state index contributed by atoms with van der Waals surface area (Å²) < 4.78 is 1.82. The molecule has 0 fully saturated rings. The van der Waals surface area contributed by atoms with Gasteiger partial charge in [0.15, 0.2) is 0 Å². The summed E-state index contributed by atoms with van der Waals surface area (Å²) in [7, 11) is 0. The molecule has 0 aliphatic carbocycles. The molecule has 7 nitrogen and oxygen atoms in total. The van der Waals surface area contributed by atoms with E-state index in [4.69, 9.17) is 11.6 Å². The number of rotatable bonds is 4. The van der Waals surface area contributed by atoms with Crippen molar-refractivity contribution < 1.29 is 9.72 Å². The molecule has 2 heterocycles. The standard InChI is InChI=1S/C16H13ClN4O3/c1-10-4-5-20-9-12(18-15(20)6-10)8-16(22)19-13-3-2-11(17)7-14(13)21(23)24/h2-7,9H,8H2,1H3,(H,19,22). The first kappa shape index (κ1) is 15.9. The van der Waals surface area contributed by atoms with Gasteiger partial charge in [-0.2, -0.15) is 0 Å². The Balaban J connectivity index is 1.79. The Hall–Kier alpha value is -2.93. The van der Waals surface area contributed by atoms with Gasteiger partial charge in [0.25, 0.3) is 5.69 Å². The van der Waals surface area contributed by atoms with Gasteiger partial charge < -0.3 is 9.72 Å². The third-order valence-electron chi connectivity index (χ3n) is 3.44. The Kier molecular flexibility index (Phi) is 4.18. The van der Waals surface area contributed by atoms with Crippen LogP contribution in [0.25, 0.3) is 5.65 Å². The average molecular weight is 345 g/mol. The van der Waals surface area contributed by atoms with Crippen LogP contribution >= 0.6 is 11.6 Å². The summed E-state index contributed by atoms with van der Waals surface area (Å²) >= 11 is 5.76. The average Bonchev–Trinajstić information content (AvgIpc) is 2.89. The molecule has 0 aliphatic heterocycles. The number of nitrogens with zero attached hydrogens (tertiary/aromatic N) is 3. The molecule has 0 unspecified atom stereocenters. The Morgan fingerprint density at radius 2 is 2.17 bits per heavy atom.